The van der Waals surface area contributed by atoms with Gasteiger partial charge in [0.05, 0.1) is 36.9 Å². The Kier molecular flexibility index (Phi) is 5.94. The second-order valence-corrected chi connectivity index (χ2v) is 8.30. The number of nitrogens with one attached hydrogen (secondary N) is 2. The van der Waals surface area contributed by atoms with Crippen LogP contribution in [0.4, 0.5) is 11.5 Å². The standard InChI is InChI=1S/C24H25N7O3/c1-16-4-2-5-18(10-16)30-14-17(11-21(30)32)24(33)25-7-8-31-23-20(13-29-31)22(27-15-28-23)26-12-19-6-3-9-34-19/h2-6,9-10,13,15,17H,7-8,11-12,14H2,1H3,(H,25,33)(H,26,27,28). The number of carbonyl (C=O) groups excluding carboxylic acids is 2. The van der Waals surface area contributed by atoms with Gasteiger partial charge in [-0.1, -0.05) is 12.1 Å². The number of aromatic nitrogens is 4. The minimum Gasteiger partial charge on any atom is -0.467 e. The second kappa shape index (κ2) is 9.34. The van der Waals surface area contributed by atoms with Crippen LogP contribution in [0.15, 0.2) is 59.6 Å². The largest absolute Gasteiger partial charge is 0.467 e. The predicted octanol–water partition coefficient (Wildman–Crippen LogP) is 2.51. The summed E-state index contributed by atoms with van der Waals surface area (Å²) in [6.45, 7) is 3.70. The molecule has 1 saturated heterocycles. The maximum absolute atomic E-state index is 12.7. The molecule has 3 aromatic heterocycles. The summed E-state index contributed by atoms with van der Waals surface area (Å²) in [5.41, 5.74) is 2.58. The van der Waals surface area contributed by atoms with Gasteiger partial charge in [0.2, 0.25) is 11.8 Å². The molecule has 174 valence electrons. The van der Waals surface area contributed by atoms with E-state index in [2.05, 4.69) is 25.7 Å². The minimum absolute atomic E-state index is 0.0323. The van der Waals surface area contributed by atoms with Crippen LogP contribution in [0.3, 0.4) is 0 Å². The summed E-state index contributed by atoms with van der Waals surface area (Å²) < 4.78 is 7.07. The average Bonchev–Trinajstić information content (AvgIpc) is 3.58. The molecule has 1 aliphatic heterocycles. The first-order chi connectivity index (χ1) is 16.6. The molecule has 34 heavy (non-hydrogen) atoms. The van der Waals surface area contributed by atoms with Gasteiger partial charge in [0.15, 0.2) is 5.65 Å². The fourth-order valence-corrected chi connectivity index (χ4v) is 4.14. The van der Waals surface area contributed by atoms with Gasteiger partial charge in [-0.25, -0.2) is 14.6 Å². The molecule has 1 fully saturated rings. The summed E-state index contributed by atoms with van der Waals surface area (Å²) in [7, 11) is 0. The molecule has 0 saturated carbocycles. The molecule has 10 heteroatoms. The van der Waals surface area contributed by atoms with Crippen molar-refractivity contribution in [1.29, 1.82) is 0 Å². The molecule has 4 heterocycles. The molecule has 0 radical (unpaired) electrons. The Morgan fingerprint density at radius 1 is 1.24 bits per heavy atom. The summed E-state index contributed by atoms with van der Waals surface area (Å²) in [5.74, 6) is 0.929. The average molecular weight is 460 g/mol. The number of aryl methyl sites for hydroxylation is 1. The first-order valence-corrected chi connectivity index (χ1v) is 11.2. The first kappa shape index (κ1) is 21.6. The smallest absolute Gasteiger partial charge is 0.227 e. The van der Waals surface area contributed by atoms with Crippen LogP contribution in [-0.2, 0) is 22.7 Å². The fraction of sp³-hybridized carbons (Fsp3) is 0.292. The van der Waals surface area contributed by atoms with Gasteiger partial charge in [0.1, 0.15) is 17.9 Å². The summed E-state index contributed by atoms with van der Waals surface area (Å²) in [4.78, 5) is 35.5. The molecule has 2 N–H and O–H groups in total. The van der Waals surface area contributed by atoms with E-state index in [4.69, 9.17) is 4.42 Å². The van der Waals surface area contributed by atoms with E-state index in [1.807, 2.05) is 43.3 Å². The molecule has 1 aromatic carbocycles. The number of amides is 2. The Morgan fingerprint density at radius 3 is 2.97 bits per heavy atom. The Labute approximate surface area is 196 Å². The molecule has 1 atom stereocenters. The highest BCUT2D eigenvalue weighted by molar-refractivity contribution is 6.00. The van der Waals surface area contributed by atoms with Crippen LogP contribution in [-0.4, -0.2) is 44.7 Å². The number of furan rings is 1. The van der Waals surface area contributed by atoms with Crippen LogP contribution in [0.5, 0.6) is 0 Å². The third-order valence-corrected chi connectivity index (χ3v) is 5.88. The number of fused-ring (bicyclic) bond motifs is 1. The maximum Gasteiger partial charge on any atom is 0.227 e. The Morgan fingerprint density at radius 2 is 2.15 bits per heavy atom. The van der Waals surface area contributed by atoms with Gasteiger partial charge in [-0.2, -0.15) is 5.10 Å². The van der Waals surface area contributed by atoms with E-state index in [-0.39, 0.29) is 24.2 Å². The SMILES string of the molecule is Cc1cccc(N2CC(C(=O)NCCn3ncc4c(NCc5ccco5)ncnc43)CC2=O)c1. The summed E-state index contributed by atoms with van der Waals surface area (Å²) >= 11 is 0. The van der Waals surface area contributed by atoms with Crippen LogP contribution < -0.4 is 15.5 Å². The van der Waals surface area contributed by atoms with Crippen LogP contribution in [0.1, 0.15) is 17.7 Å². The van der Waals surface area contributed by atoms with Crippen molar-refractivity contribution in [2.75, 3.05) is 23.3 Å². The Bertz CT molecular complexity index is 1320. The lowest BCUT2D eigenvalue weighted by Gasteiger charge is -2.17. The third kappa shape index (κ3) is 4.47. The quantitative estimate of drug-likeness (QED) is 0.416. The van der Waals surface area contributed by atoms with Crippen molar-refractivity contribution in [2.24, 2.45) is 5.92 Å². The van der Waals surface area contributed by atoms with Crippen LogP contribution in [0.25, 0.3) is 11.0 Å². The van der Waals surface area contributed by atoms with Crippen molar-refractivity contribution in [3.63, 3.8) is 0 Å². The van der Waals surface area contributed by atoms with E-state index in [0.29, 0.717) is 37.6 Å². The van der Waals surface area contributed by atoms with E-state index in [1.54, 1.807) is 22.0 Å². The van der Waals surface area contributed by atoms with Gasteiger partial charge in [0.25, 0.3) is 0 Å². The third-order valence-electron chi connectivity index (χ3n) is 5.88. The number of carbonyl (C=O) groups is 2. The van der Waals surface area contributed by atoms with Gasteiger partial charge >= 0.3 is 0 Å². The molecular weight excluding hydrogens is 434 g/mol. The summed E-state index contributed by atoms with van der Waals surface area (Å²) in [6.07, 6.45) is 5.02. The van der Waals surface area contributed by atoms with E-state index < -0.39 is 0 Å². The topological polar surface area (TPSA) is 118 Å². The summed E-state index contributed by atoms with van der Waals surface area (Å²) in [6, 6.07) is 11.5. The zero-order valence-corrected chi connectivity index (χ0v) is 18.8. The predicted molar refractivity (Wildman–Crippen MR) is 126 cm³/mol. The van der Waals surface area contributed by atoms with Crippen LogP contribution >= 0.6 is 0 Å². The molecule has 0 bridgehead atoms. The molecule has 1 unspecified atom stereocenters. The highest BCUT2D eigenvalue weighted by atomic mass is 16.3. The van der Waals surface area contributed by atoms with Gasteiger partial charge in [-0.15, -0.1) is 0 Å². The lowest BCUT2D eigenvalue weighted by atomic mass is 10.1. The van der Waals surface area contributed by atoms with Crippen molar-refractivity contribution in [3.05, 3.63) is 66.5 Å². The van der Waals surface area contributed by atoms with Gasteiger partial charge in [-0.3, -0.25) is 9.59 Å². The maximum atomic E-state index is 12.7. The molecule has 5 rings (SSSR count). The lowest BCUT2D eigenvalue weighted by Crippen LogP contribution is -2.35. The number of rotatable bonds is 8. The van der Waals surface area contributed by atoms with Gasteiger partial charge in [0, 0.05) is 25.2 Å². The highest BCUT2D eigenvalue weighted by Crippen LogP contribution is 2.26. The Hall–Kier alpha value is -4.21. The first-order valence-electron chi connectivity index (χ1n) is 11.2. The minimum atomic E-state index is -0.373. The van der Waals surface area contributed by atoms with Crippen molar-refractivity contribution >= 4 is 34.4 Å². The van der Waals surface area contributed by atoms with Crippen molar-refractivity contribution in [1.82, 2.24) is 25.1 Å². The van der Waals surface area contributed by atoms with Gasteiger partial charge in [-0.05, 0) is 36.8 Å². The second-order valence-electron chi connectivity index (χ2n) is 8.30. The van der Waals surface area contributed by atoms with E-state index in [0.717, 1.165) is 22.4 Å². The molecule has 0 spiro atoms. The fourth-order valence-electron chi connectivity index (χ4n) is 4.14. The molecule has 10 nitrogen and oxygen atoms in total. The number of benzene rings is 1. The number of hydrogen-bond donors (Lipinski definition) is 2. The molecule has 2 amide bonds. The molecule has 1 aliphatic rings. The van der Waals surface area contributed by atoms with Crippen molar-refractivity contribution in [3.8, 4) is 0 Å². The highest BCUT2D eigenvalue weighted by Gasteiger charge is 2.35. The molecule has 0 aliphatic carbocycles. The Balaban J connectivity index is 1.17. The van der Waals surface area contributed by atoms with Crippen molar-refractivity contribution < 1.29 is 14.0 Å². The molecular formula is C24H25N7O3. The summed E-state index contributed by atoms with van der Waals surface area (Å²) in [5, 5.41) is 11.4. The zero-order valence-electron chi connectivity index (χ0n) is 18.8. The normalized spacial score (nSPS) is 15.7. The van der Waals surface area contributed by atoms with Crippen molar-refractivity contribution in [2.45, 2.75) is 26.4 Å². The van der Waals surface area contributed by atoms with E-state index >= 15 is 0 Å². The monoisotopic (exact) mass is 459 g/mol. The van der Waals surface area contributed by atoms with Crippen LogP contribution in [0.2, 0.25) is 0 Å². The zero-order chi connectivity index (χ0) is 23.5. The lowest BCUT2D eigenvalue weighted by molar-refractivity contribution is -0.126. The van der Waals surface area contributed by atoms with Crippen LogP contribution in [0, 0.1) is 12.8 Å². The number of anilines is 2. The van der Waals surface area contributed by atoms with E-state index in [9.17, 15) is 9.59 Å². The number of nitrogens with zero attached hydrogens (tertiary/aromatic N) is 5. The van der Waals surface area contributed by atoms with E-state index in [1.165, 1.54) is 6.33 Å². The number of hydrogen-bond acceptors (Lipinski definition) is 7. The van der Waals surface area contributed by atoms with Gasteiger partial charge < -0.3 is 20.0 Å². The molecule has 4 aromatic rings.